The number of ether oxygens (including phenoxy) is 2. The fraction of sp³-hybridized carbons (Fsp3) is 0.538. The second-order valence-electron chi connectivity index (χ2n) is 3.96. The highest BCUT2D eigenvalue weighted by molar-refractivity contribution is 5.46. The van der Waals surface area contributed by atoms with Gasteiger partial charge >= 0.3 is 6.18 Å². The van der Waals surface area contributed by atoms with E-state index in [2.05, 4.69) is 5.32 Å². The maximum atomic E-state index is 12.5. The molecule has 0 atom stereocenters. The van der Waals surface area contributed by atoms with E-state index in [1.165, 1.54) is 6.07 Å². The summed E-state index contributed by atoms with van der Waals surface area (Å²) >= 11 is 0. The highest BCUT2D eigenvalue weighted by Crippen LogP contribution is 2.30. The van der Waals surface area contributed by atoms with Crippen molar-refractivity contribution < 1.29 is 22.6 Å². The average Bonchev–Trinajstić information content (AvgIpc) is 2.37. The first-order valence-electron chi connectivity index (χ1n) is 6.02. The van der Waals surface area contributed by atoms with Gasteiger partial charge in [0.25, 0.3) is 0 Å². The van der Waals surface area contributed by atoms with Crippen LogP contribution in [0.25, 0.3) is 0 Å². The molecular weight excluding hydrogens is 259 g/mol. The lowest BCUT2D eigenvalue weighted by Gasteiger charge is -2.10. The summed E-state index contributed by atoms with van der Waals surface area (Å²) in [5.74, 6) is 0. The van der Waals surface area contributed by atoms with Gasteiger partial charge in [0.1, 0.15) is 0 Å². The fourth-order valence-electron chi connectivity index (χ4n) is 1.46. The van der Waals surface area contributed by atoms with Gasteiger partial charge in [0.15, 0.2) is 0 Å². The molecule has 0 fully saturated rings. The first-order valence-corrected chi connectivity index (χ1v) is 6.02. The third kappa shape index (κ3) is 6.45. The molecule has 0 aliphatic heterocycles. The van der Waals surface area contributed by atoms with Gasteiger partial charge in [-0.2, -0.15) is 13.2 Å². The Labute approximate surface area is 110 Å². The van der Waals surface area contributed by atoms with Crippen LogP contribution in [0.5, 0.6) is 0 Å². The third-order valence-electron chi connectivity index (χ3n) is 2.42. The Bertz CT molecular complexity index is 369. The molecule has 1 N–H and O–H groups in total. The van der Waals surface area contributed by atoms with E-state index in [0.29, 0.717) is 32.1 Å². The molecule has 0 saturated heterocycles. The van der Waals surface area contributed by atoms with Crippen LogP contribution in [0.3, 0.4) is 0 Å². The molecule has 0 radical (unpaired) electrons. The van der Waals surface area contributed by atoms with Crippen molar-refractivity contribution in [1.82, 2.24) is 0 Å². The molecule has 0 aliphatic carbocycles. The summed E-state index contributed by atoms with van der Waals surface area (Å²) in [4.78, 5) is 0. The predicted molar refractivity (Wildman–Crippen MR) is 67.2 cm³/mol. The van der Waals surface area contributed by atoms with Crippen LogP contribution in [-0.4, -0.2) is 33.5 Å². The van der Waals surface area contributed by atoms with E-state index in [4.69, 9.17) is 9.47 Å². The molecule has 3 nitrogen and oxygen atoms in total. The third-order valence-corrected chi connectivity index (χ3v) is 2.42. The number of alkyl halides is 3. The quantitative estimate of drug-likeness (QED) is 0.740. The SMILES string of the molecule is COCCOCCCNc1cccc(C(F)(F)F)c1. The molecule has 108 valence electrons. The van der Waals surface area contributed by atoms with Gasteiger partial charge in [0.2, 0.25) is 0 Å². The van der Waals surface area contributed by atoms with Crippen molar-refractivity contribution in [2.45, 2.75) is 12.6 Å². The zero-order valence-electron chi connectivity index (χ0n) is 10.8. The maximum absolute atomic E-state index is 12.5. The van der Waals surface area contributed by atoms with Gasteiger partial charge < -0.3 is 14.8 Å². The Morgan fingerprint density at radius 3 is 2.63 bits per heavy atom. The fourth-order valence-corrected chi connectivity index (χ4v) is 1.46. The van der Waals surface area contributed by atoms with E-state index in [0.717, 1.165) is 18.6 Å². The molecule has 0 unspecified atom stereocenters. The topological polar surface area (TPSA) is 30.5 Å². The number of benzene rings is 1. The van der Waals surface area contributed by atoms with Gasteiger partial charge in [-0.3, -0.25) is 0 Å². The molecule has 0 spiro atoms. The standard InChI is InChI=1S/C13H18F3NO2/c1-18-8-9-19-7-3-6-17-12-5-2-4-11(10-12)13(14,15)16/h2,4-5,10,17H,3,6-9H2,1H3. The van der Waals surface area contributed by atoms with Crippen LogP contribution in [0.4, 0.5) is 18.9 Å². The van der Waals surface area contributed by atoms with E-state index in [1.807, 2.05) is 0 Å². The molecular formula is C13H18F3NO2. The zero-order valence-corrected chi connectivity index (χ0v) is 10.8. The van der Waals surface area contributed by atoms with E-state index in [9.17, 15) is 13.2 Å². The minimum atomic E-state index is -4.30. The lowest BCUT2D eigenvalue weighted by molar-refractivity contribution is -0.137. The van der Waals surface area contributed by atoms with Crippen molar-refractivity contribution in [3.05, 3.63) is 29.8 Å². The molecule has 1 aromatic rings. The van der Waals surface area contributed by atoms with E-state index in [-0.39, 0.29) is 0 Å². The van der Waals surface area contributed by atoms with Crippen molar-refractivity contribution in [2.24, 2.45) is 0 Å². The molecule has 0 bridgehead atoms. The zero-order chi connectivity index (χ0) is 14.1. The van der Waals surface area contributed by atoms with Gasteiger partial charge in [-0.1, -0.05) is 6.07 Å². The Morgan fingerprint density at radius 1 is 1.16 bits per heavy atom. The highest BCUT2D eigenvalue weighted by atomic mass is 19.4. The average molecular weight is 277 g/mol. The van der Waals surface area contributed by atoms with Crippen molar-refractivity contribution in [3.63, 3.8) is 0 Å². The lowest BCUT2D eigenvalue weighted by Crippen LogP contribution is -2.09. The Morgan fingerprint density at radius 2 is 1.95 bits per heavy atom. The number of anilines is 1. The summed E-state index contributed by atoms with van der Waals surface area (Å²) in [5, 5.41) is 2.94. The normalized spacial score (nSPS) is 11.6. The van der Waals surface area contributed by atoms with E-state index < -0.39 is 11.7 Å². The molecule has 1 aromatic carbocycles. The molecule has 0 heterocycles. The second-order valence-corrected chi connectivity index (χ2v) is 3.96. The number of hydrogen-bond donors (Lipinski definition) is 1. The van der Waals surface area contributed by atoms with E-state index in [1.54, 1.807) is 13.2 Å². The minimum Gasteiger partial charge on any atom is -0.385 e. The Hall–Kier alpha value is -1.27. The second kappa shape index (κ2) is 8.01. The summed E-state index contributed by atoms with van der Waals surface area (Å²) in [6, 6.07) is 5.16. The van der Waals surface area contributed by atoms with E-state index >= 15 is 0 Å². The van der Waals surface area contributed by atoms with Crippen molar-refractivity contribution in [3.8, 4) is 0 Å². The molecule has 1 rings (SSSR count). The minimum absolute atomic E-state index is 0.465. The number of halogens is 3. The van der Waals surface area contributed by atoms with Gasteiger partial charge in [-0.25, -0.2) is 0 Å². The summed E-state index contributed by atoms with van der Waals surface area (Å²) in [5.41, 5.74) is -0.180. The Kier molecular flexibility index (Phi) is 6.66. The van der Waals surface area contributed by atoms with Crippen LogP contribution in [0.2, 0.25) is 0 Å². The first-order chi connectivity index (χ1) is 9.04. The van der Waals surface area contributed by atoms with Crippen molar-refractivity contribution in [1.29, 1.82) is 0 Å². The smallest absolute Gasteiger partial charge is 0.385 e. The Balaban J connectivity index is 2.26. The van der Waals surface area contributed by atoms with Gasteiger partial charge in [0.05, 0.1) is 18.8 Å². The molecule has 0 aromatic heterocycles. The molecule has 6 heteroatoms. The predicted octanol–water partition coefficient (Wildman–Crippen LogP) is 3.17. The lowest BCUT2D eigenvalue weighted by atomic mass is 10.2. The number of rotatable bonds is 8. The molecule has 0 saturated carbocycles. The monoisotopic (exact) mass is 277 g/mol. The molecule has 0 aliphatic rings. The summed E-state index contributed by atoms with van der Waals surface area (Å²) in [6.45, 7) is 2.19. The first kappa shape index (κ1) is 15.8. The number of nitrogens with one attached hydrogen (secondary N) is 1. The van der Waals surface area contributed by atoms with Gasteiger partial charge in [-0.05, 0) is 24.6 Å². The largest absolute Gasteiger partial charge is 0.416 e. The van der Waals surface area contributed by atoms with Gasteiger partial charge in [0, 0.05) is 25.9 Å². The number of methoxy groups -OCH3 is 1. The van der Waals surface area contributed by atoms with Gasteiger partial charge in [-0.15, -0.1) is 0 Å². The van der Waals surface area contributed by atoms with Crippen LogP contribution in [-0.2, 0) is 15.7 Å². The molecule has 0 amide bonds. The van der Waals surface area contributed by atoms with Crippen molar-refractivity contribution in [2.75, 3.05) is 38.8 Å². The van der Waals surface area contributed by atoms with Crippen LogP contribution in [0, 0.1) is 0 Å². The van der Waals surface area contributed by atoms with Crippen LogP contribution in [0.1, 0.15) is 12.0 Å². The van der Waals surface area contributed by atoms with Crippen molar-refractivity contribution >= 4 is 5.69 Å². The summed E-state index contributed by atoms with van der Waals surface area (Å²) in [6.07, 6.45) is -3.58. The van der Waals surface area contributed by atoms with Crippen LogP contribution in [0.15, 0.2) is 24.3 Å². The highest BCUT2D eigenvalue weighted by Gasteiger charge is 2.30. The molecule has 19 heavy (non-hydrogen) atoms. The maximum Gasteiger partial charge on any atom is 0.416 e. The summed E-state index contributed by atoms with van der Waals surface area (Å²) in [7, 11) is 1.60. The summed E-state index contributed by atoms with van der Waals surface area (Å²) < 4.78 is 47.5. The number of hydrogen-bond acceptors (Lipinski definition) is 3. The van der Waals surface area contributed by atoms with Crippen LogP contribution >= 0.6 is 0 Å². The van der Waals surface area contributed by atoms with Crippen LogP contribution < -0.4 is 5.32 Å².